The lowest BCUT2D eigenvalue weighted by Gasteiger charge is -2.14. The zero-order chi connectivity index (χ0) is 13.1. The lowest BCUT2D eigenvalue weighted by molar-refractivity contribution is -0.742. The first kappa shape index (κ1) is 16.4. The first-order chi connectivity index (χ1) is 7.29. The van der Waals surface area contributed by atoms with E-state index >= 15 is 0 Å². The topological polar surface area (TPSA) is 161 Å². The normalized spacial score (nSPS) is 10.4. The van der Waals surface area contributed by atoms with Crippen LogP contribution in [0.25, 0.3) is 0 Å². The number of guanidine groups is 2. The maximum atomic E-state index is 8.36. The predicted octanol–water partition coefficient (Wildman–Crippen LogP) is -0.165. The van der Waals surface area contributed by atoms with Gasteiger partial charge in [0.1, 0.15) is 0 Å². The first-order valence-corrected chi connectivity index (χ1v) is 4.59. The van der Waals surface area contributed by atoms with E-state index in [1.165, 1.54) is 0 Å². The Bertz CT molecular complexity index is 240. The van der Waals surface area contributed by atoms with Crippen LogP contribution in [0.15, 0.2) is 0 Å². The van der Waals surface area contributed by atoms with Crippen LogP contribution < -0.4 is 16.4 Å². The van der Waals surface area contributed by atoms with Gasteiger partial charge < -0.3 is 16.3 Å². The molecule has 0 aromatic rings. The van der Waals surface area contributed by atoms with Crippen LogP contribution in [0, 0.1) is 20.9 Å². The van der Waals surface area contributed by atoms with Gasteiger partial charge in [0.2, 0.25) is 0 Å². The van der Waals surface area contributed by atoms with Crippen LogP contribution in [-0.2, 0) is 0 Å². The summed E-state index contributed by atoms with van der Waals surface area (Å²) in [6.07, 6.45) is 2.07. The summed E-state index contributed by atoms with van der Waals surface area (Å²) in [5.74, 6) is -0.125. The van der Waals surface area contributed by atoms with Crippen molar-refractivity contribution in [3.8, 4) is 0 Å². The molecule has 0 amide bonds. The van der Waals surface area contributed by atoms with Crippen LogP contribution in [-0.4, -0.2) is 28.3 Å². The summed E-state index contributed by atoms with van der Waals surface area (Å²) >= 11 is 0. The van der Waals surface area contributed by atoms with Gasteiger partial charge >= 0.3 is 0 Å². The lowest BCUT2D eigenvalue weighted by Crippen LogP contribution is -2.46. The summed E-state index contributed by atoms with van der Waals surface area (Å²) in [4.78, 5) is 8.36. The summed E-state index contributed by atoms with van der Waals surface area (Å²) in [7, 11) is 0. The minimum absolute atomic E-state index is 0.0865. The highest BCUT2D eigenvalue weighted by Crippen LogP contribution is 1.93. The van der Waals surface area contributed by atoms with Crippen molar-refractivity contribution in [1.82, 2.24) is 10.6 Å². The number of hydrogen-bond acceptors (Lipinski definition) is 4. The first-order valence-electron chi connectivity index (χ1n) is 4.59. The second-order valence-electron chi connectivity index (χ2n) is 2.99. The van der Waals surface area contributed by atoms with E-state index in [0.717, 1.165) is 12.8 Å². The quantitative estimate of drug-likeness (QED) is 0.172. The van der Waals surface area contributed by atoms with Crippen molar-refractivity contribution in [2.24, 2.45) is 5.73 Å². The highest BCUT2D eigenvalue weighted by molar-refractivity contribution is 5.94. The van der Waals surface area contributed by atoms with Gasteiger partial charge in [0, 0.05) is 6.04 Å². The average Bonchev–Trinajstić information content (AvgIpc) is 2.00. The molecule has 0 aliphatic carbocycles. The molecule has 0 heterocycles. The Kier molecular flexibility index (Phi) is 9.71. The molecular weight excluding hydrogens is 216 g/mol. The van der Waals surface area contributed by atoms with Crippen molar-refractivity contribution < 1.29 is 10.3 Å². The number of nitrogens with one attached hydrogen (secondary N) is 4. The molecule has 1 unspecified atom stereocenters. The van der Waals surface area contributed by atoms with Crippen molar-refractivity contribution in [3.63, 3.8) is 0 Å². The third-order valence-electron chi connectivity index (χ3n) is 1.37. The highest BCUT2D eigenvalue weighted by atomic mass is 16.9. The molecule has 0 rings (SSSR count). The number of rotatable bonds is 3. The molecule has 9 nitrogen and oxygen atoms in total. The van der Waals surface area contributed by atoms with Gasteiger partial charge in [-0.1, -0.05) is 13.3 Å². The van der Waals surface area contributed by atoms with Crippen molar-refractivity contribution in [3.05, 3.63) is 10.1 Å². The standard InChI is InChI=1S/C7H17N5.HNO3/c1-3-4-5(2)11-7(10)12-6(8)9;2-1(3)4/h5H,3-4H2,1-2H3,(H6,8,9,10,11,12);(H,2,3,4). The Balaban J connectivity index is 0. The molecule has 0 bridgehead atoms. The summed E-state index contributed by atoms with van der Waals surface area (Å²) in [5.41, 5.74) is 5.03. The summed E-state index contributed by atoms with van der Waals surface area (Å²) in [6, 6.07) is 0.245. The van der Waals surface area contributed by atoms with E-state index in [1.807, 2.05) is 6.92 Å². The van der Waals surface area contributed by atoms with Gasteiger partial charge in [-0.3, -0.25) is 16.1 Å². The van der Waals surface area contributed by atoms with Gasteiger partial charge in [0.05, 0.1) is 0 Å². The second kappa shape index (κ2) is 9.49. The van der Waals surface area contributed by atoms with Gasteiger partial charge in [0.15, 0.2) is 11.9 Å². The molecule has 0 spiro atoms. The monoisotopic (exact) mass is 234 g/mol. The molecular formula is C7H18N6O3. The fourth-order valence-electron chi connectivity index (χ4n) is 0.922. The Morgan fingerprint density at radius 2 is 2.06 bits per heavy atom. The van der Waals surface area contributed by atoms with Crippen molar-refractivity contribution in [1.29, 1.82) is 10.8 Å². The fraction of sp³-hybridized carbons (Fsp3) is 0.714. The van der Waals surface area contributed by atoms with E-state index in [2.05, 4.69) is 17.6 Å². The number of nitrogens with zero attached hydrogens (tertiary/aromatic N) is 1. The van der Waals surface area contributed by atoms with Crippen molar-refractivity contribution >= 4 is 11.9 Å². The van der Waals surface area contributed by atoms with E-state index in [0.29, 0.717) is 0 Å². The highest BCUT2D eigenvalue weighted by Gasteiger charge is 2.02. The minimum Gasteiger partial charge on any atom is -0.370 e. The van der Waals surface area contributed by atoms with Crippen LogP contribution in [0.3, 0.4) is 0 Å². The molecule has 0 aliphatic heterocycles. The number of nitrogens with two attached hydrogens (primary N) is 1. The molecule has 7 N–H and O–H groups in total. The maximum Gasteiger partial charge on any atom is 0.291 e. The minimum atomic E-state index is -1.50. The van der Waals surface area contributed by atoms with Crippen LogP contribution >= 0.6 is 0 Å². The third kappa shape index (κ3) is 17.9. The molecule has 94 valence electrons. The Labute approximate surface area is 93.1 Å². The maximum absolute atomic E-state index is 8.36. The molecule has 0 aromatic carbocycles. The van der Waals surface area contributed by atoms with Crippen LogP contribution in [0.4, 0.5) is 0 Å². The Hall–Kier alpha value is -2.06. The van der Waals surface area contributed by atoms with E-state index in [9.17, 15) is 0 Å². The lowest BCUT2D eigenvalue weighted by atomic mass is 10.2. The van der Waals surface area contributed by atoms with Gasteiger partial charge in [0.25, 0.3) is 5.09 Å². The molecule has 16 heavy (non-hydrogen) atoms. The molecule has 0 aromatic heterocycles. The zero-order valence-electron chi connectivity index (χ0n) is 9.28. The Morgan fingerprint density at radius 1 is 1.62 bits per heavy atom. The fourth-order valence-corrected chi connectivity index (χ4v) is 0.922. The Morgan fingerprint density at radius 3 is 2.38 bits per heavy atom. The summed E-state index contributed by atoms with van der Waals surface area (Å²) < 4.78 is 0. The molecule has 0 saturated carbocycles. The van der Waals surface area contributed by atoms with Gasteiger partial charge in [-0.05, 0) is 13.3 Å². The molecule has 0 fully saturated rings. The van der Waals surface area contributed by atoms with E-state index in [4.69, 9.17) is 31.9 Å². The van der Waals surface area contributed by atoms with E-state index in [-0.39, 0.29) is 18.0 Å². The molecule has 0 saturated heterocycles. The molecule has 9 heteroatoms. The van der Waals surface area contributed by atoms with Crippen molar-refractivity contribution in [2.45, 2.75) is 32.7 Å². The van der Waals surface area contributed by atoms with Gasteiger partial charge in [-0.2, -0.15) is 0 Å². The van der Waals surface area contributed by atoms with Gasteiger partial charge in [-0.25, -0.2) is 0 Å². The van der Waals surface area contributed by atoms with Crippen LogP contribution in [0.5, 0.6) is 0 Å². The second-order valence-corrected chi connectivity index (χ2v) is 2.99. The van der Waals surface area contributed by atoms with Crippen molar-refractivity contribution in [2.75, 3.05) is 0 Å². The van der Waals surface area contributed by atoms with E-state index < -0.39 is 5.09 Å². The number of hydrogen-bond donors (Lipinski definition) is 6. The van der Waals surface area contributed by atoms with Gasteiger partial charge in [-0.15, -0.1) is 10.1 Å². The molecule has 1 atom stereocenters. The summed E-state index contributed by atoms with van der Waals surface area (Å²) in [5, 5.41) is 33.0. The summed E-state index contributed by atoms with van der Waals surface area (Å²) in [6.45, 7) is 4.07. The zero-order valence-corrected chi connectivity index (χ0v) is 9.28. The van der Waals surface area contributed by atoms with Crippen LogP contribution in [0.2, 0.25) is 0 Å². The van der Waals surface area contributed by atoms with E-state index in [1.54, 1.807) is 0 Å². The largest absolute Gasteiger partial charge is 0.370 e. The third-order valence-corrected chi connectivity index (χ3v) is 1.37. The predicted molar refractivity (Wildman–Crippen MR) is 59.1 cm³/mol. The SMILES string of the molecule is CCCC(C)NC(=N)NC(=N)N.O=[N+]([O-])O. The smallest absolute Gasteiger partial charge is 0.291 e. The molecule has 0 aliphatic rings. The molecule has 0 radical (unpaired) electrons. The average molecular weight is 234 g/mol. The van der Waals surface area contributed by atoms with Crippen LogP contribution in [0.1, 0.15) is 26.7 Å².